The van der Waals surface area contributed by atoms with E-state index in [0.29, 0.717) is 45.8 Å². The van der Waals surface area contributed by atoms with Crippen molar-refractivity contribution in [3.63, 3.8) is 0 Å². The molecule has 0 atom stereocenters. The summed E-state index contributed by atoms with van der Waals surface area (Å²) < 4.78 is 46.2. The fourth-order valence-corrected chi connectivity index (χ4v) is 12.7. The number of rotatable bonds is 11. The predicted octanol–water partition coefficient (Wildman–Crippen LogP) is 19.2. The standard InChI is InChI=1S/C80H72B2N6O/c1-78(2,3)67-33-23-34-68(79(4,5)6)76(67)56-50-60(86-55-87(73-39-17-16-38-72(73)86)77-65(69-35-24-47-83-45-20-18-43-81-69)31-22-32-66(77)70-36-25-48-84-46-21-19-44-82-70)53-62(51-56)89-61-40-41-64-63-30-14-15-37-71(63)88(74(64)54-61)75-52-59(42-49-85-75)80(7,57-26-10-8-11-27-57)58-28-12-9-13-29-58/h8-54,83-84H,55H2,1-7H3/b43-18-,44-19-,45-20-,46-21-,47-24-,48-25-,69-35-,70-36-/i14D,15D,30D,37D. The maximum atomic E-state index is 9.57. The molecule has 89 heavy (non-hydrogen) atoms. The second-order valence-electron chi connectivity index (χ2n) is 24.8. The van der Waals surface area contributed by atoms with Crippen LogP contribution in [0.5, 0.6) is 11.5 Å². The van der Waals surface area contributed by atoms with Crippen LogP contribution < -0.4 is 25.2 Å². The molecule has 10 aromatic rings. The number of anilines is 4. The number of hydrogen-bond acceptors (Lipinski definition) is 6. The van der Waals surface area contributed by atoms with Gasteiger partial charge in [-0.3, -0.25) is 4.57 Å². The van der Waals surface area contributed by atoms with Crippen molar-refractivity contribution in [2.24, 2.45) is 0 Å². The summed E-state index contributed by atoms with van der Waals surface area (Å²) in [7, 11) is 4.34. The number of pyridine rings is 1. The molecule has 2 N–H and O–H groups in total. The van der Waals surface area contributed by atoms with Crippen LogP contribution in [-0.2, 0) is 16.2 Å². The van der Waals surface area contributed by atoms with Gasteiger partial charge in [-0.15, -0.1) is 12.0 Å². The normalized spacial score (nSPS) is 18.3. The zero-order valence-electron chi connectivity index (χ0n) is 55.4. The third kappa shape index (κ3) is 11.5. The number of allylic oxidation sites excluding steroid dienone is 8. The molecular formula is C80H72B2N6O. The van der Waals surface area contributed by atoms with Gasteiger partial charge >= 0.3 is 0 Å². The van der Waals surface area contributed by atoms with Gasteiger partial charge in [0.1, 0.15) is 24.0 Å². The Morgan fingerprint density at radius 1 is 0.506 bits per heavy atom. The molecule has 3 aliphatic rings. The number of benzene rings is 8. The molecule has 0 bridgehead atoms. The van der Waals surface area contributed by atoms with Crippen LogP contribution in [0.3, 0.4) is 0 Å². The summed E-state index contributed by atoms with van der Waals surface area (Å²) in [6, 6.07) is 58.3. The minimum absolute atomic E-state index is 0.125. The van der Waals surface area contributed by atoms with Gasteiger partial charge in [-0.2, -0.15) is 0 Å². The van der Waals surface area contributed by atoms with Gasteiger partial charge in [0.25, 0.3) is 0 Å². The topological polar surface area (TPSA) is 57.6 Å². The van der Waals surface area contributed by atoms with E-state index < -0.39 is 5.41 Å². The van der Waals surface area contributed by atoms with E-state index in [2.05, 4.69) is 241 Å². The molecule has 0 saturated heterocycles. The molecule has 3 aliphatic heterocycles. The fraction of sp³-hybridized carbons (Fsp3) is 0.138. The highest BCUT2D eigenvalue weighted by atomic mass is 16.5. The molecule has 2 aromatic heterocycles. The smallest absolute Gasteiger partial charge is 0.182 e. The summed E-state index contributed by atoms with van der Waals surface area (Å²) >= 11 is 0. The summed E-state index contributed by atoms with van der Waals surface area (Å²) in [6.07, 6.45) is 25.9. The van der Waals surface area contributed by atoms with Crippen molar-refractivity contribution in [2.75, 3.05) is 16.5 Å². The Morgan fingerprint density at radius 3 is 1.72 bits per heavy atom. The molecule has 0 unspecified atom stereocenters. The molecule has 9 heteroatoms. The third-order valence-corrected chi connectivity index (χ3v) is 17.0. The minimum atomic E-state index is -0.629. The highest BCUT2D eigenvalue weighted by molar-refractivity contribution is 6.67. The molecule has 2 radical (unpaired) electrons. The number of nitrogens with one attached hydrogen (secondary N) is 2. The van der Waals surface area contributed by atoms with Crippen molar-refractivity contribution >= 4 is 70.1 Å². The Labute approximate surface area is 531 Å². The Kier molecular flexibility index (Phi) is 14.6. The number of para-hydroxylation sites is 4. The lowest BCUT2D eigenvalue weighted by molar-refractivity contribution is 0.483. The quantitative estimate of drug-likeness (QED) is 0.126. The number of nitrogens with zero attached hydrogens (tertiary/aromatic N) is 4. The molecular weight excluding hydrogens is 1080 g/mol. The fourth-order valence-electron chi connectivity index (χ4n) is 12.7. The molecule has 0 fully saturated rings. The Balaban J connectivity index is 1.01. The van der Waals surface area contributed by atoms with Crippen LogP contribution in [0.1, 0.15) is 92.9 Å². The molecule has 13 rings (SSSR count). The van der Waals surface area contributed by atoms with Crippen molar-refractivity contribution in [3.05, 3.63) is 325 Å². The van der Waals surface area contributed by atoms with Gasteiger partial charge in [-0.25, -0.2) is 4.98 Å². The molecule has 0 aliphatic carbocycles. The van der Waals surface area contributed by atoms with Gasteiger partial charge in [0.05, 0.1) is 33.6 Å². The highest BCUT2D eigenvalue weighted by Gasteiger charge is 2.35. The first-order valence-electron chi connectivity index (χ1n) is 32.5. The van der Waals surface area contributed by atoms with Gasteiger partial charge in [0, 0.05) is 65.0 Å². The summed E-state index contributed by atoms with van der Waals surface area (Å²) in [5, 5.41) is 7.55. The van der Waals surface area contributed by atoms with E-state index in [4.69, 9.17) is 12.5 Å². The van der Waals surface area contributed by atoms with Crippen molar-refractivity contribution in [3.8, 4) is 28.4 Å². The highest BCUT2D eigenvalue weighted by Crippen LogP contribution is 2.51. The van der Waals surface area contributed by atoms with E-state index in [-0.39, 0.29) is 35.0 Å². The Morgan fingerprint density at radius 2 is 1.09 bits per heavy atom. The van der Waals surface area contributed by atoms with Gasteiger partial charge in [-0.05, 0) is 147 Å². The number of fused-ring (bicyclic) bond motifs is 4. The minimum Gasteiger partial charge on any atom is -0.457 e. The molecule has 8 aromatic carbocycles. The van der Waals surface area contributed by atoms with Crippen molar-refractivity contribution in [1.29, 1.82) is 0 Å². The lowest BCUT2D eigenvalue weighted by atomic mass is 9.63. The van der Waals surface area contributed by atoms with E-state index in [0.717, 1.165) is 72.6 Å². The van der Waals surface area contributed by atoms with Crippen LogP contribution in [0, 0.1) is 0 Å². The maximum Gasteiger partial charge on any atom is 0.182 e. The average molecular weight is 1160 g/mol. The lowest BCUT2D eigenvalue weighted by Gasteiger charge is -2.32. The summed E-state index contributed by atoms with van der Waals surface area (Å²) in [5.41, 5.74) is 15.7. The largest absolute Gasteiger partial charge is 0.457 e. The van der Waals surface area contributed by atoms with Gasteiger partial charge < -0.3 is 25.2 Å². The lowest BCUT2D eigenvalue weighted by Crippen LogP contribution is -2.26. The summed E-state index contributed by atoms with van der Waals surface area (Å²) in [5.74, 6) is 5.77. The Bertz CT molecular complexity index is 4660. The van der Waals surface area contributed by atoms with E-state index in [9.17, 15) is 2.74 Å². The molecule has 7 nitrogen and oxygen atoms in total. The first kappa shape index (κ1) is 53.0. The number of ether oxygens (including phenoxy) is 1. The monoisotopic (exact) mass is 1160 g/mol. The van der Waals surface area contributed by atoms with Crippen molar-refractivity contribution in [1.82, 2.24) is 20.2 Å². The Hall–Kier alpha value is -10.2. The molecule has 0 saturated carbocycles. The summed E-state index contributed by atoms with van der Waals surface area (Å²) in [4.78, 5) is 9.88. The van der Waals surface area contributed by atoms with Crippen LogP contribution in [-0.4, -0.2) is 30.8 Å². The van der Waals surface area contributed by atoms with Crippen LogP contribution in [0.2, 0.25) is 0 Å². The number of aromatic nitrogens is 2. The zero-order valence-corrected chi connectivity index (χ0v) is 51.4. The maximum absolute atomic E-state index is 9.57. The van der Waals surface area contributed by atoms with Crippen LogP contribution >= 0.6 is 0 Å². The zero-order chi connectivity index (χ0) is 64.6. The van der Waals surface area contributed by atoms with E-state index in [1.807, 2.05) is 102 Å². The van der Waals surface area contributed by atoms with Crippen LogP contribution in [0.4, 0.5) is 22.7 Å². The van der Waals surface area contributed by atoms with Gasteiger partial charge in [0.2, 0.25) is 0 Å². The van der Waals surface area contributed by atoms with Crippen LogP contribution in [0.25, 0.3) is 49.7 Å². The predicted molar refractivity (Wildman–Crippen MR) is 377 cm³/mol. The first-order valence-corrected chi connectivity index (χ1v) is 30.5. The molecule has 5 heterocycles. The van der Waals surface area contributed by atoms with Gasteiger partial charge in [-0.1, -0.05) is 204 Å². The van der Waals surface area contributed by atoms with Crippen LogP contribution in [0.15, 0.2) is 286 Å². The molecule has 0 amide bonds. The second kappa shape index (κ2) is 24.5. The van der Waals surface area contributed by atoms with E-state index >= 15 is 0 Å². The first-order chi connectivity index (χ1) is 45.0. The SMILES string of the molecule is [2H]c1c([2H])c([2H])c2c(c1[2H])c1ccc(Oc3cc(-c4c(C(C)(C)C)cccc4C(C)(C)C)cc(N4CN(c5c(/C6=C/C=C\N/C=C\C=C/[B]6)cccc5/C5=C/C=C\N/C=C\C=C/[B]5)c5ccccc54)c3)cc1n2-c1cc(C(C)(c2ccccc2)c2ccccc2)ccn1. The number of hydrogen-bond donors (Lipinski definition) is 2. The van der Waals surface area contributed by atoms with Crippen molar-refractivity contribution in [2.45, 2.75) is 64.7 Å². The van der Waals surface area contributed by atoms with Gasteiger partial charge in [0.15, 0.2) is 14.6 Å². The average Bonchev–Trinajstić information content (AvgIpc) is 1.59. The van der Waals surface area contributed by atoms with E-state index in [1.165, 1.54) is 11.1 Å². The van der Waals surface area contributed by atoms with Crippen molar-refractivity contribution < 1.29 is 10.2 Å². The van der Waals surface area contributed by atoms with E-state index in [1.54, 1.807) is 6.20 Å². The third-order valence-electron chi connectivity index (χ3n) is 17.0. The second-order valence-corrected chi connectivity index (χ2v) is 24.8. The molecule has 0 spiro atoms. The summed E-state index contributed by atoms with van der Waals surface area (Å²) in [6.45, 7) is 16.3. The molecule has 434 valence electrons.